The maximum Gasteiger partial charge on any atom is 0.233 e. The molecule has 0 saturated heterocycles. The van der Waals surface area contributed by atoms with Gasteiger partial charge in [-0.25, -0.2) is 0 Å². The number of nitrogens with zero attached hydrogens (tertiary/aromatic N) is 3. The van der Waals surface area contributed by atoms with Gasteiger partial charge in [0, 0.05) is 19.2 Å². The van der Waals surface area contributed by atoms with Gasteiger partial charge in [0.25, 0.3) is 0 Å². The summed E-state index contributed by atoms with van der Waals surface area (Å²) in [4.78, 5) is 2.29. The number of ether oxygens (including phenoxy) is 1. The van der Waals surface area contributed by atoms with Gasteiger partial charge in [-0.2, -0.15) is 0 Å². The van der Waals surface area contributed by atoms with Crippen molar-refractivity contribution in [3.05, 3.63) is 47.7 Å². The van der Waals surface area contributed by atoms with Crippen molar-refractivity contribution in [3.63, 3.8) is 0 Å². The molecule has 1 aliphatic rings. The highest BCUT2D eigenvalue weighted by Crippen LogP contribution is 2.18. The highest BCUT2D eigenvalue weighted by molar-refractivity contribution is 5.19. The third-order valence-electron chi connectivity index (χ3n) is 3.20. The Bertz CT molecular complexity index is 521. The fourth-order valence-corrected chi connectivity index (χ4v) is 2.17. The van der Waals surface area contributed by atoms with Crippen LogP contribution in [0.25, 0.3) is 0 Å². The standard InChI is InChI=1S/C14H17N3O/c1-16-7-8-17-13(10-16)9-14(15-17)18-11-12-5-3-2-4-6-12/h2-6,9H,7-8,10-11H2,1H3. The minimum Gasteiger partial charge on any atom is -0.472 e. The Morgan fingerprint density at radius 1 is 1.22 bits per heavy atom. The number of hydrogen-bond acceptors (Lipinski definition) is 3. The van der Waals surface area contributed by atoms with Gasteiger partial charge in [0.05, 0.1) is 12.2 Å². The van der Waals surface area contributed by atoms with E-state index in [0.717, 1.165) is 25.5 Å². The van der Waals surface area contributed by atoms with Crippen molar-refractivity contribution in [2.45, 2.75) is 19.7 Å². The van der Waals surface area contributed by atoms with Crippen molar-refractivity contribution < 1.29 is 4.74 Å². The molecule has 0 amide bonds. The van der Waals surface area contributed by atoms with Gasteiger partial charge in [0.15, 0.2) is 0 Å². The number of fused-ring (bicyclic) bond motifs is 1. The van der Waals surface area contributed by atoms with E-state index in [1.54, 1.807) is 0 Å². The molecule has 2 aromatic rings. The lowest BCUT2D eigenvalue weighted by Gasteiger charge is -2.22. The van der Waals surface area contributed by atoms with E-state index in [1.165, 1.54) is 11.3 Å². The van der Waals surface area contributed by atoms with E-state index in [2.05, 4.69) is 29.2 Å². The number of benzene rings is 1. The summed E-state index contributed by atoms with van der Waals surface area (Å²) in [7, 11) is 2.13. The van der Waals surface area contributed by atoms with Crippen molar-refractivity contribution in [1.29, 1.82) is 0 Å². The van der Waals surface area contributed by atoms with Crippen LogP contribution in [-0.4, -0.2) is 28.3 Å². The Kier molecular flexibility index (Phi) is 3.02. The second-order valence-electron chi connectivity index (χ2n) is 4.71. The van der Waals surface area contributed by atoms with Crippen LogP contribution in [0.1, 0.15) is 11.3 Å². The lowest BCUT2D eigenvalue weighted by atomic mass is 10.2. The normalized spacial score (nSPS) is 15.4. The third kappa shape index (κ3) is 2.38. The van der Waals surface area contributed by atoms with Gasteiger partial charge in [-0.1, -0.05) is 30.3 Å². The molecule has 1 aromatic heterocycles. The average Bonchev–Trinajstić information content (AvgIpc) is 2.79. The lowest BCUT2D eigenvalue weighted by Crippen LogP contribution is -2.30. The summed E-state index contributed by atoms with van der Waals surface area (Å²) >= 11 is 0. The molecule has 0 saturated carbocycles. The smallest absolute Gasteiger partial charge is 0.233 e. The molecule has 18 heavy (non-hydrogen) atoms. The van der Waals surface area contributed by atoms with Gasteiger partial charge in [0.2, 0.25) is 5.88 Å². The highest BCUT2D eigenvalue weighted by Gasteiger charge is 2.15. The van der Waals surface area contributed by atoms with Crippen molar-refractivity contribution in [3.8, 4) is 5.88 Å². The maximum atomic E-state index is 5.73. The van der Waals surface area contributed by atoms with E-state index in [4.69, 9.17) is 4.74 Å². The van der Waals surface area contributed by atoms with Crippen LogP contribution < -0.4 is 4.74 Å². The zero-order valence-electron chi connectivity index (χ0n) is 10.5. The minimum absolute atomic E-state index is 0.577. The summed E-state index contributed by atoms with van der Waals surface area (Å²) in [6.07, 6.45) is 0. The monoisotopic (exact) mass is 243 g/mol. The predicted molar refractivity (Wildman–Crippen MR) is 69.3 cm³/mol. The number of hydrogen-bond donors (Lipinski definition) is 0. The van der Waals surface area contributed by atoms with Crippen LogP contribution in [0.2, 0.25) is 0 Å². The molecule has 0 radical (unpaired) electrons. The third-order valence-corrected chi connectivity index (χ3v) is 3.20. The quantitative estimate of drug-likeness (QED) is 0.825. The Balaban J connectivity index is 1.67. The van der Waals surface area contributed by atoms with Crippen LogP contribution in [0.4, 0.5) is 0 Å². The molecule has 0 aliphatic carbocycles. The van der Waals surface area contributed by atoms with Crippen LogP contribution in [-0.2, 0) is 19.7 Å². The van der Waals surface area contributed by atoms with Gasteiger partial charge in [-0.3, -0.25) is 9.58 Å². The zero-order chi connectivity index (χ0) is 12.4. The van der Waals surface area contributed by atoms with Crippen LogP contribution >= 0.6 is 0 Å². The molecule has 0 fully saturated rings. The molecule has 0 atom stereocenters. The first kappa shape index (κ1) is 11.3. The van der Waals surface area contributed by atoms with Gasteiger partial charge in [-0.05, 0) is 12.6 Å². The van der Waals surface area contributed by atoms with E-state index < -0.39 is 0 Å². The summed E-state index contributed by atoms with van der Waals surface area (Å²) < 4.78 is 7.77. The van der Waals surface area contributed by atoms with Crippen molar-refractivity contribution in [2.75, 3.05) is 13.6 Å². The summed E-state index contributed by atoms with van der Waals surface area (Å²) in [6.45, 7) is 3.52. The van der Waals surface area contributed by atoms with Gasteiger partial charge < -0.3 is 4.74 Å². The first-order chi connectivity index (χ1) is 8.81. The molecule has 1 aromatic carbocycles. The summed E-state index contributed by atoms with van der Waals surface area (Å²) in [5, 5.41) is 4.47. The second kappa shape index (κ2) is 4.82. The van der Waals surface area contributed by atoms with Gasteiger partial charge in [-0.15, -0.1) is 5.10 Å². The van der Waals surface area contributed by atoms with Gasteiger partial charge >= 0.3 is 0 Å². The Hall–Kier alpha value is -1.81. The summed E-state index contributed by atoms with van der Waals surface area (Å²) in [5.41, 5.74) is 2.40. The Morgan fingerprint density at radius 3 is 2.89 bits per heavy atom. The largest absolute Gasteiger partial charge is 0.472 e. The Morgan fingerprint density at radius 2 is 2.06 bits per heavy atom. The van der Waals surface area contributed by atoms with Crippen molar-refractivity contribution in [2.24, 2.45) is 0 Å². The topological polar surface area (TPSA) is 30.3 Å². The fraction of sp³-hybridized carbons (Fsp3) is 0.357. The molecule has 94 valence electrons. The zero-order valence-corrected chi connectivity index (χ0v) is 10.5. The molecule has 4 heteroatoms. The molecule has 4 nitrogen and oxygen atoms in total. The van der Waals surface area contributed by atoms with E-state index in [1.807, 2.05) is 28.9 Å². The first-order valence-electron chi connectivity index (χ1n) is 6.23. The fourth-order valence-electron chi connectivity index (χ4n) is 2.17. The molecule has 3 rings (SSSR count). The molecule has 0 unspecified atom stereocenters. The Labute approximate surface area is 107 Å². The molecular formula is C14H17N3O. The van der Waals surface area contributed by atoms with Crippen molar-refractivity contribution in [1.82, 2.24) is 14.7 Å². The number of rotatable bonds is 3. The average molecular weight is 243 g/mol. The lowest BCUT2D eigenvalue weighted by molar-refractivity contribution is 0.253. The molecule has 0 spiro atoms. The summed E-state index contributed by atoms with van der Waals surface area (Å²) in [5.74, 6) is 0.726. The molecule has 1 aliphatic heterocycles. The number of likely N-dealkylation sites (N-methyl/N-ethyl adjacent to an activating group) is 1. The highest BCUT2D eigenvalue weighted by atomic mass is 16.5. The van der Waals surface area contributed by atoms with Crippen LogP contribution in [0.5, 0.6) is 5.88 Å². The molecule has 0 N–H and O–H groups in total. The van der Waals surface area contributed by atoms with E-state index >= 15 is 0 Å². The van der Waals surface area contributed by atoms with Crippen LogP contribution in [0.3, 0.4) is 0 Å². The first-order valence-corrected chi connectivity index (χ1v) is 6.23. The van der Waals surface area contributed by atoms with Crippen LogP contribution in [0, 0.1) is 0 Å². The predicted octanol–water partition coefficient (Wildman–Crippen LogP) is 1.91. The van der Waals surface area contributed by atoms with E-state index in [0.29, 0.717) is 6.61 Å². The number of aromatic nitrogens is 2. The SMILES string of the molecule is CN1CCn2nc(OCc3ccccc3)cc2C1. The second-order valence-corrected chi connectivity index (χ2v) is 4.71. The molecule has 2 heterocycles. The van der Waals surface area contributed by atoms with E-state index in [-0.39, 0.29) is 0 Å². The van der Waals surface area contributed by atoms with Gasteiger partial charge in [0.1, 0.15) is 6.61 Å². The summed E-state index contributed by atoms with van der Waals surface area (Å²) in [6, 6.07) is 12.2. The molecule has 0 bridgehead atoms. The maximum absolute atomic E-state index is 5.73. The minimum atomic E-state index is 0.577. The van der Waals surface area contributed by atoms with Crippen molar-refractivity contribution >= 4 is 0 Å². The van der Waals surface area contributed by atoms with E-state index in [9.17, 15) is 0 Å². The molecular weight excluding hydrogens is 226 g/mol. The van der Waals surface area contributed by atoms with Crippen LogP contribution in [0.15, 0.2) is 36.4 Å².